The fraction of sp³-hybridized carbons (Fsp3) is 0.138. The number of nitrogens with one attached hydrogen (secondary N) is 1. The van der Waals surface area contributed by atoms with E-state index in [2.05, 4.69) is 14.4 Å². The van der Waals surface area contributed by atoms with Gasteiger partial charge in [-0.05, 0) is 23.3 Å². The van der Waals surface area contributed by atoms with Gasteiger partial charge in [0.25, 0.3) is 0 Å². The third kappa shape index (κ3) is 9.35. The predicted octanol–water partition coefficient (Wildman–Crippen LogP) is 7.54. The van der Waals surface area contributed by atoms with Gasteiger partial charge in [-0.3, -0.25) is 0 Å². The van der Waals surface area contributed by atoms with Gasteiger partial charge in [-0.25, -0.2) is 16.8 Å². The molecule has 0 saturated carbocycles. The molecule has 0 aliphatic heterocycles. The quantitative estimate of drug-likeness (QED) is 0.128. The normalized spacial score (nSPS) is 12.8. The smallest absolute Gasteiger partial charge is 0.182 e. The van der Waals surface area contributed by atoms with E-state index in [9.17, 15) is 16.8 Å². The van der Waals surface area contributed by atoms with Gasteiger partial charge in [0.2, 0.25) is 0 Å². The van der Waals surface area contributed by atoms with Crippen molar-refractivity contribution in [1.29, 1.82) is 0 Å². The zero-order valence-electron chi connectivity index (χ0n) is 21.2. The van der Waals surface area contributed by atoms with Crippen LogP contribution in [-0.4, -0.2) is 16.8 Å². The van der Waals surface area contributed by atoms with Crippen LogP contribution in [0.15, 0.2) is 120 Å². The largest absolute Gasteiger partial charge is 0.672 e. The minimum absolute atomic E-state index is 0. The molecule has 2 atom stereocenters. The molecule has 0 aromatic heterocycles. The molecule has 4 aromatic rings. The van der Waals surface area contributed by atoms with E-state index in [-0.39, 0.29) is 18.1 Å². The molecule has 0 aliphatic rings. The molecule has 1 N–H and O–H groups in total. The maximum atomic E-state index is 13.3. The van der Waals surface area contributed by atoms with Crippen molar-refractivity contribution in [1.82, 2.24) is 0 Å². The molecule has 0 saturated heterocycles. The molecule has 0 spiro atoms. The summed E-state index contributed by atoms with van der Waals surface area (Å²) in [5.41, 5.74) is 10.8. The monoisotopic (exact) mass is 670 g/mol. The second-order valence-electron chi connectivity index (χ2n) is 8.42. The maximum Gasteiger partial charge on any atom is 0.182 e. The van der Waals surface area contributed by atoms with Crippen LogP contribution in [0, 0.1) is 7.43 Å². The van der Waals surface area contributed by atoms with E-state index < -0.39 is 37.7 Å². The first-order chi connectivity index (χ1) is 18.3. The molecule has 2 unspecified atom stereocenters. The third-order valence-electron chi connectivity index (χ3n) is 5.79. The van der Waals surface area contributed by atoms with Crippen molar-refractivity contribution in [2.45, 2.75) is 28.5 Å². The number of hydrogen-bond donors (Lipinski definition) is 0. The third-order valence-corrected chi connectivity index (χ3v) is 8.70. The van der Waals surface area contributed by atoms with Crippen LogP contribution < -0.4 is 0 Å². The van der Waals surface area contributed by atoms with E-state index >= 15 is 0 Å². The van der Waals surface area contributed by atoms with Gasteiger partial charge in [-0.1, -0.05) is 114 Å². The van der Waals surface area contributed by atoms with Crippen LogP contribution in [0.3, 0.4) is 0 Å². The predicted molar refractivity (Wildman–Crippen MR) is 155 cm³/mol. The SMILES string of the molecule is [CH3-].[Cl][Ru+3].[NH-]C(c1ccccc1)C([N-]S(=O)(=O)Cc1ccccc1CS(=O)(=O)c1ccccc1)c1ccccc1. The van der Waals surface area contributed by atoms with Crippen molar-refractivity contribution >= 4 is 29.6 Å². The Hall–Kier alpha value is -2.39. The van der Waals surface area contributed by atoms with Crippen LogP contribution in [0.1, 0.15) is 34.3 Å². The Labute approximate surface area is 246 Å². The van der Waals surface area contributed by atoms with Crippen molar-refractivity contribution in [3.05, 3.63) is 155 Å². The second kappa shape index (κ2) is 15.4. The van der Waals surface area contributed by atoms with Gasteiger partial charge in [0.15, 0.2) is 9.84 Å². The van der Waals surface area contributed by atoms with Gasteiger partial charge in [-0.2, -0.15) is 0 Å². The van der Waals surface area contributed by atoms with E-state index in [4.69, 9.17) is 5.73 Å². The molecule has 0 radical (unpaired) electrons. The topological polar surface area (TPSA) is 106 Å². The average Bonchev–Trinajstić information content (AvgIpc) is 2.95. The van der Waals surface area contributed by atoms with Crippen molar-refractivity contribution in [2.75, 3.05) is 0 Å². The Bertz CT molecular complexity index is 1510. The fourth-order valence-electron chi connectivity index (χ4n) is 3.97. The summed E-state index contributed by atoms with van der Waals surface area (Å²) in [6.45, 7) is 0. The van der Waals surface area contributed by atoms with E-state index in [1.54, 1.807) is 91.0 Å². The molecular weight excluding hydrogens is 641 g/mol. The summed E-state index contributed by atoms with van der Waals surface area (Å²) >= 11 is 1.82. The summed E-state index contributed by atoms with van der Waals surface area (Å²) in [6.07, 6.45) is 0. The fourth-order valence-corrected chi connectivity index (χ4v) is 6.74. The summed E-state index contributed by atoms with van der Waals surface area (Å²) in [4.78, 5) is 0.177. The van der Waals surface area contributed by atoms with Crippen molar-refractivity contribution in [2.24, 2.45) is 0 Å². The van der Waals surface area contributed by atoms with E-state index in [1.807, 2.05) is 29.4 Å². The van der Waals surface area contributed by atoms with Crippen molar-refractivity contribution < 1.29 is 34.1 Å². The van der Waals surface area contributed by atoms with Crippen molar-refractivity contribution in [3.8, 4) is 0 Å². The number of hydrogen-bond acceptors (Lipinski definition) is 4. The molecule has 4 rings (SSSR count). The Balaban J connectivity index is 0.00000174. The zero-order valence-corrected chi connectivity index (χ0v) is 25.3. The molecular formula is C29H29ClN2O4RuS2. The molecule has 0 heterocycles. The Morgan fingerprint density at radius 1 is 0.641 bits per heavy atom. The first-order valence-electron chi connectivity index (χ1n) is 11.5. The molecule has 206 valence electrons. The first kappa shape index (κ1) is 32.8. The maximum absolute atomic E-state index is 13.3. The number of benzene rings is 4. The second-order valence-corrected chi connectivity index (χ2v) is 12.1. The van der Waals surface area contributed by atoms with Crippen LogP contribution >= 0.6 is 9.69 Å². The molecule has 0 aliphatic carbocycles. The van der Waals surface area contributed by atoms with Gasteiger partial charge < -0.3 is 17.9 Å². The molecule has 39 heavy (non-hydrogen) atoms. The molecule has 6 nitrogen and oxygen atoms in total. The van der Waals surface area contributed by atoms with E-state index in [1.165, 1.54) is 12.1 Å². The summed E-state index contributed by atoms with van der Waals surface area (Å²) in [6, 6.07) is 30.7. The molecule has 0 bridgehead atoms. The Morgan fingerprint density at radius 2 is 1.05 bits per heavy atom. The van der Waals surface area contributed by atoms with Crippen LogP contribution in [0.25, 0.3) is 10.5 Å². The average molecular weight is 670 g/mol. The van der Waals surface area contributed by atoms with Gasteiger partial charge in [0.1, 0.15) is 0 Å². The van der Waals surface area contributed by atoms with Gasteiger partial charge in [0.05, 0.1) is 26.4 Å². The number of halogens is 1. The van der Waals surface area contributed by atoms with Crippen LogP contribution in [-0.2, 0) is 48.7 Å². The van der Waals surface area contributed by atoms with Gasteiger partial charge in [0, 0.05) is 0 Å². The summed E-state index contributed by atoms with van der Waals surface area (Å²) < 4.78 is 56.7. The number of rotatable bonds is 10. The molecule has 10 heteroatoms. The van der Waals surface area contributed by atoms with E-state index in [0.717, 1.165) is 0 Å². The number of sulfonamides is 1. The van der Waals surface area contributed by atoms with Crippen LogP contribution in [0.4, 0.5) is 0 Å². The number of nitrogens with zero attached hydrogens (tertiary/aromatic N) is 1. The van der Waals surface area contributed by atoms with Crippen LogP contribution in [0.5, 0.6) is 0 Å². The molecule has 4 aromatic carbocycles. The van der Waals surface area contributed by atoms with Gasteiger partial charge in [-0.15, -0.1) is 12.1 Å². The Morgan fingerprint density at radius 3 is 1.56 bits per heavy atom. The zero-order chi connectivity index (χ0) is 27.6. The summed E-state index contributed by atoms with van der Waals surface area (Å²) in [5.74, 6) is -0.784. The van der Waals surface area contributed by atoms with Crippen LogP contribution in [0.2, 0.25) is 0 Å². The first-order valence-corrected chi connectivity index (χ1v) is 17.0. The van der Waals surface area contributed by atoms with Gasteiger partial charge >= 0.3 is 27.0 Å². The minimum Gasteiger partial charge on any atom is -0.672 e. The van der Waals surface area contributed by atoms with E-state index in [0.29, 0.717) is 22.3 Å². The summed E-state index contributed by atoms with van der Waals surface area (Å²) in [7, 11) is -3.16. The standard InChI is InChI=1S/C28H26N2O4S2.CH3.ClH.Ru/c29-27(22-12-4-1-5-13-22)28(23-14-6-2-7-15-23)30-36(33,34)21-25-17-11-10-16-24(25)20-35(31,32)26-18-8-3-9-19-26;;;/h1-19,27-29H,20-21H2;1H3;1H;/q-2;-1;;+4/p-1. The Kier molecular flexibility index (Phi) is 13.0. The molecule has 0 fully saturated rings. The molecule has 0 amide bonds. The number of sulfone groups is 1. The minimum atomic E-state index is -4.07. The van der Waals surface area contributed by atoms with Crippen molar-refractivity contribution in [3.63, 3.8) is 0 Å². The summed E-state index contributed by atoms with van der Waals surface area (Å²) in [5, 5.41) is 0.